The van der Waals surface area contributed by atoms with Crippen LogP contribution in [0.5, 0.6) is 0 Å². The highest BCUT2D eigenvalue weighted by Crippen LogP contribution is 2.25. The molecule has 0 radical (unpaired) electrons. The predicted octanol–water partition coefficient (Wildman–Crippen LogP) is 5.75. The number of hydrogen-bond donors (Lipinski definition) is 1. The summed E-state index contributed by atoms with van der Waals surface area (Å²) in [6.45, 7) is 0.187. The molecule has 2 amide bonds. The average Bonchev–Trinajstić information content (AvgIpc) is 2.84. The number of amides is 2. The Kier molecular flexibility index (Phi) is 9.81. The summed E-state index contributed by atoms with van der Waals surface area (Å²) in [5.41, 5.74) is 2.55. The zero-order valence-electron chi connectivity index (χ0n) is 18.6. The third-order valence-electron chi connectivity index (χ3n) is 5.28. The monoisotopic (exact) mass is 518 g/mol. The van der Waals surface area contributed by atoms with Gasteiger partial charge in [0.1, 0.15) is 11.9 Å². The minimum absolute atomic E-state index is 0.155. The van der Waals surface area contributed by atoms with E-state index in [0.29, 0.717) is 22.2 Å². The molecule has 34 heavy (non-hydrogen) atoms. The zero-order chi connectivity index (χ0) is 24.5. The van der Waals surface area contributed by atoms with Crippen molar-refractivity contribution in [3.63, 3.8) is 0 Å². The number of carbonyl (C=O) groups is 2. The lowest BCUT2D eigenvalue weighted by molar-refractivity contribution is -0.139. The number of halogens is 3. The Hall–Kier alpha value is -2.54. The van der Waals surface area contributed by atoms with E-state index >= 15 is 0 Å². The van der Waals surface area contributed by atoms with Crippen molar-refractivity contribution in [1.82, 2.24) is 10.2 Å². The van der Waals surface area contributed by atoms with E-state index in [2.05, 4.69) is 5.32 Å². The van der Waals surface area contributed by atoms with Crippen molar-refractivity contribution in [3.05, 3.63) is 105 Å². The lowest BCUT2D eigenvalue weighted by Gasteiger charge is -2.31. The van der Waals surface area contributed by atoms with E-state index in [4.69, 9.17) is 23.2 Å². The molecule has 4 nitrogen and oxygen atoms in total. The molecule has 0 fully saturated rings. The lowest BCUT2D eigenvalue weighted by atomic mass is 10.0. The van der Waals surface area contributed by atoms with Crippen LogP contribution in [0.3, 0.4) is 0 Å². The summed E-state index contributed by atoms with van der Waals surface area (Å²) in [6.07, 6.45) is 0.362. The SMILES string of the molecule is CNC(=O)[C@@H](Cc1ccccc1)N(Cc1ccc(F)cc1)C(=O)CSCc1ccc(Cl)cc1Cl. The van der Waals surface area contributed by atoms with Gasteiger partial charge in [0.25, 0.3) is 0 Å². The quantitative estimate of drug-likeness (QED) is 0.371. The van der Waals surface area contributed by atoms with Gasteiger partial charge >= 0.3 is 0 Å². The molecule has 0 aliphatic heterocycles. The summed E-state index contributed by atoms with van der Waals surface area (Å²) < 4.78 is 13.4. The normalized spacial score (nSPS) is 11.6. The summed E-state index contributed by atoms with van der Waals surface area (Å²) in [4.78, 5) is 27.8. The van der Waals surface area contributed by atoms with E-state index in [0.717, 1.165) is 16.7 Å². The lowest BCUT2D eigenvalue weighted by Crippen LogP contribution is -2.50. The Bertz CT molecular complexity index is 1110. The number of carbonyl (C=O) groups excluding carboxylic acids is 2. The van der Waals surface area contributed by atoms with E-state index in [-0.39, 0.29) is 29.9 Å². The summed E-state index contributed by atoms with van der Waals surface area (Å²) >= 11 is 13.6. The third kappa shape index (κ3) is 7.49. The number of thioether (sulfide) groups is 1. The number of nitrogens with zero attached hydrogens (tertiary/aromatic N) is 1. The van der Waals surface area contributed by atoms with Crippen LogP contribution in [0.1, 0.15) is 16.7 Å². The van der Waals surface area contributed by atoms with Crippen molar-refractivity contribution >= 4 is 46.8 Å². The van der Waals surface area contributed by atoms with Crippen molar-refractivity contribution in [2.24, 2.45) is 0 Å². The second kappa shape index (κ2) is 12.8. The molecule has 0 aliphatic rings. The molecule has 178 valence electrons. The van der Waals surface area contributed by atoms with Gasteiger partial charge in [-0.3, -0.25) is 9.59 Å². The molecule has 0 unspecified atom stereocenters. The fourth-order valence-corrected chi connectivity index (χ4v) is 4.95. The third-order valence-corrected chi connectivity index (χ3v) is 6.84. The van der Waals surface area contributed by atoms with Gasteiger partial charge in [0.15, 0.2) is 0 Å². The molecular weight excluding hydrogens is 494 g/mol. The summed E-state index contributed by atoms with van der Waals surface area (Å²) in [5, 5.41) is 3.78. The van der Waals surface area contributed by atoms with Gasteiger partial charge in [-0.15, -0.1) is 11.8 Å². The maximum Gasteiger partial charge on any atom is 0.242 e. The largest absolute Gasteiger partial charge is 0.357 e. The van der Waals surface area contributed by atoms with E-state index in [1.54, 1.807) is 36.2 Å². The Balaban J connectivity index is 1.80. The number of rotatable bonds is 10. The maximum absolute atomic E-state index is 13.4. The van der Waals surface area contributed by atoms with E-state index in [1.807, 2.05) is 36.4 Å². The van der Waals surface area contributed by atoms with Gasteiger partial charge in [0.2, 0.25) is 11.8 Å². The molecule has 1 N–H and O–H groups in total. The molecule has 0 saturated heterocycles. The molecule has 3 aromatic rings. The molecule has 3 rings (SSSR count). The van der Waals surface area contributed by atoms with Crippen molar-refractivity contribution in [3.8, 4) is 0 Å². The van der Waals surface area contributed by atoms with Gasteiger partial charge < -0.3 is 10.2 Å². The Morgan fingerprint density at radius 1 is 1.00 bits per heavy atom. The molecule has 0 aromatic heterocycles. The topological polar surface area (TPSA) is 49.4 Å². The van der Waals surface area contributed by atoms with Crippen LogP contribution in [0.25, 0.3) is 0 Å². The van der Waals surface area contributed by atoms with Crippen LogP contribution in [0, 0.1) is 5.82 Å². The molecule has 8 heteroatoms. The van der Waals surface area contributed by atoms with E-state index < -0.39 is 6.04 Å². The average molecular weight is 519 g/mol. The van der Waals surface area contributed by atoms with Gasteiger partial charge in [-0.2, -0.15) is 0 Å². The smallest absolute Gasteiger partial charge is 0.242 e. The van der Waals surface area contributed by atoms with Crippen molar-refractivity contribution in [2.75, 3.05) is 12.8 Å². The van der Waals surface area contributed by atoms with Crippen molar-refractivity contribution < 1.29 is 14.0 Å². The first-order valence-corrected chi connectivity index (χ1v) is 12.6. The molecule has 0 spiro atoms. The first-order chi connectivity index (χ1) is 16.4. The standard InChI is InChI=1S/C26H25Cl2FN2O2S/c1-30-26(33)24(13-18-5-3-2-4-6-18)31(15-19-7-11-22(29)12-8-19)25(32)17-34-16-20-9-10-21(27)14-23(20)28/h2-12,14,24H,13,15-17H2,1H3,(H,30,33)/t24-/m1/s1. The zero-order valence-corrected chi connectivity index (χ0v) is 21.0. The minimum Gasteiger partial charge on any atom is -0.357 e. The van der Waals surface area contributed by atoms with Crippen LogP contribution < -0.4 is 5.32 Å². The van der Waals surface area contributed by atoms with E-state index in [9.17, 15) is 14.0 Å². The summed E-state index contributed by atoms with van der Waals surface area (Å²) in [6, 6.07) is 20.0. The maximum atomic E-state index is 13.4. The number of hydrogen-bond acceptors (Lipinski definition) is 3. The minimum atomic E-state index is -0.718. The predicted molar refractivity (Wildman–Crippen MR) is 138 cm³/mol. The fraction of sp³-hybridized carbons (Fsp3) is 0.231. The van der Waals surface area contributed by atoms with Gasteiger partial charge in [0, 0.05) is 35.8 Å². The number of nitrogens with one attached hydrogen (secondary N) is 1. The number of benzene rings is 3. The molecule has 1 atom stereocenters. The number of likely N-dealkylation sites (N-methyl/N-ethyl adjacent to an activating group) is 1. The van der Waals surface area contributed by atoms with Crippen molar-refractivity contribution in [2.45, 2.75) is 24.8 Å². The molecule has 3 aromatic carbocycles. The van der Waals surface area contributed by atoms with Gasteiger partial charge in [-0.05, 0) is 41.0 Å². The molecule has 0 heterocycles. The Labute approximate surface area is 213 Å². The van der Waals surface area contributed by atoms with Gasteiger partial charge in [0.05, 0.1) is 5.75 Å². The van der Waals surface area contributed by atoms with E-state index in [1.165, 1.54) is 23.9 Å². The van der Waals surface area contributed by atoms with Crippen LogP contribution in [0.15, 0.2) is 72.8 Å². The van der Waals surface area contributed by atoms with Crippen LogP contribution in [0.4, 0.5) is 4.39 Å². The molecule has 0 bridgehead atoms. The van der Waals surface area contributed by atoms with Gasteiger partial charge in [-0.25, -0.2) is 4.39 Å². The first-order valence-electron chi connectivity index (χ1n) is 10.7. The Morgan fingerprint density at radius 2 is 1.71 bits per heavy atom. The summed E-state index contributed by atoms with van der Waals surface area (Å²) in [5.74, 6) is -0.129. The highest BCUT2D eigenvalue weighted by Gasteiger charge is 2.29. The molecule has 0 saturated carbocycles. The first kappa shape index (κ1) is 26.1. The molecule has 0 aliphatic carbocycles. The van der Waals surface area contributed by atoms with Crippen LogP contribution in [-0.2, 0) is 28.3 Å². The molecular formula is C26H25Cl2FN2O2S. The highest BCUT2D eigenvalue weighted by atomic mass is 35.5. The summed E-state index contributed by atoms with van der Waals surface area (Å²) in [7, 11) is 1.55. The fourth-order valence-electron chi connectivity index (χ4n) is 3.48. The van der Waals surface area contributed by atoms with Crippen molar-refractivity contribution in [1.29, 1.82) is 0 Å². The van der Waals surface area contributed by atoms with Gasteiger partial charge in [-0.1, -0.05) is 71.7 Å². The second-order valence-corrected chi connectivity index (χ2v) is 9.53. The highest BCUT2D eigenvalue weighted by molar-refractivity contribution is 7.99. The Morgan fingerprint density at radius 3 is 2.35 bits per heavy atom. The second-order valence-electron chi connectivity index (χ2n) is 7.70. The van der Waals surface area contributed by atoms with Crippen LogP contribution in [0.2, 0.25) is 10.0 Å². The van der Waals surface area contributed by atoms with Crippen LogP contribution >= 0.6 is 35.0 Å². The van der Waals surface area contributed by atoms with Crippen LogP contribution in [-0.4, -0.2) is 35.6 Å².